The fraction of sp³-hybridized carbons (Fsp3) is 0. The topological polar surface area (TPSA) is 13.1 Å². The van der Waals surface area contributed by atoms with Gasteiger partial charge in [-0.05, 0) is 112 Å². The Labute approximate surface area is 315 Å². The number of fused-ring (bicyclic) bond motifs is 9. The van der Waals surface area contributed by atoms with E-state index >= 15 is 0 Å². The van der Waals surface area contributed by atoms with Crippen LogP contribution in [0.25, 0.3) is 109 Å². The van der Waals surface area contributed by atoms with E-state index in [1.807, 2.05) is 66.7 Å². The lowest BCUT2D eigenvalue weighted by Crippen LogP contribution is -1.92. The second-order valence-corrected chi connectivity index (χ2v) is 12.5. The highest BCUT2D eigenvalue weighted by Crippen LogP contribution is 2.46. The van der Waals surface area contributed by atoms with Crippen molar-refractivity contribution in [3.8, 4) is 33.4 Å². The minimum Gasteiger partial charge on any atom is -0.456 e. The van der Waals surface area contributed by atoms with E-state index < -0.39 is 107 Å². The molecular formula is C50H30O. The summed E-state index contributed by atoms with van der Waals surface area (Å²) in [5.74, 6) is 0. The lowest BCUT2D eigenvalue weighted by Gasteiger charge is -2.19. The first-order valence-electron chi connectivity index (χ1n) is 23.9. The molecule has 1 nitrogen and oxygen atoms in total. The Morgan fingerprint density at radius 2 is 1.02 bits per heavy atom. The van der Waals surface area contributed by atoms with Gasteiger partial charge in [-0.25, -0.2) is 0 Å². The second-order valence-electron chi connectivity index (χ2n) is 12.5. The number of hydrogen-bond donors (Lipinski definition) is 0. The third-order valence-corrected chi connectivity index (χ3v) is 9.78. The molecule has 0 bridgehead atoms. The van der Waals surface area contributed by atoms with Crippen molar-refractivity contribution in [1.82, 2.24) is 0 Å². The minimum atomic E-state index is -0.757. The highest BCUT2D eigenvalue weighted by molar-refractivity contribution is 6.24. The minimum absolute atomic E-state index is 0.0342. The van der Waals surface area contributed by atoms with Crippen molar-refractivity contribution in [1.29, 1.82) is 0 Å². The maximum absolute atomic E-state index is 9.43. The van der Waals surface area contributed by atoms with E-state index in [0.29, 0.717) is 16.5 Å². The van der Waals surface area contributed by atoms with Crippen LogP contribution in [0.5, 0.6) is 0 Å². The van der Waals surface area contributed by atoms with Crippen molar-refractivity contribution in [2.75, 3.05) is 0 Å². The third kappa shape index (κ3) is 4.22. The summed E-state index contributed by atoms with van der Waals surface area (Å²) in [4.78, 5) is 0. The molecule has 51 heavy (non-hydrogen) atoms. The third-order valence-electron chi connectivity index (χ3n) is 9.78. The van der Waals surface area contributed by atoms with Gasteiger partial charge in [-0.15, -0.1) is 0 Å². The fourth-order valence-electron chi connectivity index (χ4n) is 7.57. The molecule has 0 amide bonds. The van der Waals surface area contributed by atoms with Crippen LogP contribution in [0.2, 0.25) is 0 Å². The summed E-state index contributed by atoms with van der Waals surface area (Å²) in [5.41, 5.74) is 2.74. The van der Waals surface area contributed by atoms with Gasteiger partial charge in [-0.1, -0.05) is 157 Å². The standard InChI is InChI=1S/C50H30O/c1-3-15-36-31(11-1)13-9-22-40(36)49-43-19-7-5-17-41(43)48(42-18-6-8-20-44(42)49)35-24-26-38-33(29-35)14-10-21-37(38)34-23-27-45-47(30-34)51-46-28-25-32-12-2-4-16-39(32)50(45)46/h1-30H/i1D,3D,5D,6D,7D,8D,9D,11D,13D,15D,17D,18D,19D,20D,22D. The molecule has 0 saturated carbocycles. The smallest absolute Gasteiger partial charge is 0.136 e. The molecule has 0 saturated heterocycles. The van der Waals surface area contributed by atoms with Crippen LogP contribution in [0.1, 0.15) is 20.6 Å². The summed E-state index contributed by atoms with van der Waals surface area (Å²) >= 11 is 0. The van der Waals surface area contributed by atoms with Crippen molar-refractivity contribution in [2.24, 2.45) is 0 Å². The van der Waals surface area contributed by atoms with Crippen LogP contribution in [0.3, 0.4) is 0 Å². The van der Waals surface area contributed by atoms with E-state index in [1.165, 1.54) is 0 Å². The maximum Gasteiger partial charge on any atom is 0.136 e. The summed E-state index contributed by atoms with van der Waals surface area (Å²) in [6, 6.07) is 19.0. The largest absolute Gasteiger partial charge is 0.456 e. The number of furan rings is 1. The van der Waals surface area contributed by atoms with E-state index in [0.717, 1.165) is 43.6 Å². The lowest BCUT2D eigenvalue weighted by molar-refractivity contribution is 0.669. The number of rotatable bonds is 3. The highest BCUT2D eigenvalue weighted by atomic mass is 16.3. The Hall–Kier alpha value is -6.70. The van der Waals surface area contributed by atoms with Gasteiger partial charge in [0.15, 0.2) is 0 Å². The van der Waals surface area contributed by atoms with Gasteiger partial charge < -0.3 is 4.42 Å². The molecule has 10 aromatic carbocycles. The van der Waals surface area contributed by atoms with E-state index in [4.69, 9.17) is 18.1 Å². The van der Waals surface area contributed by atoms with Crippen LogP contribution < -0.4 is 0 Å². The van der Waals surface area contributed by atoms with Gasteiger partial charge in [0.05, 0.1) is 20.6 Å². The zero-order chi connectivity index (χ0) is 46.5. The van der Waals surface area contributed by atoms with Gasteiger partial charge in [0, 0.05) is 10.8 Å². The molecule has 0 aliphatic heterocycles. The molecule has 1 aromatic heterocycles. The second kappa shape index (κ2) is 10.9. The van der Waals surface area contributed by atoms with E-state index in [9.17, 15) is 6.85 Å². The SMILES string of the molecule is [2H]c1c([2H])c([2H])c2c(-c3c4c([2H])c([2H])c([2H])c([2H])c4c(-c4ccc5c(-c6ccc7c(c6)oc6ccc8ccccc8c67)cccc5c4)c4c([2H])c([2H])c([2H])c([2H])c34)c([2H])c([2H])c([2H])c2c1[2H]. The summed E-state index contributed by atoms with van der Waals surface area (Å²) < 4.78 is 141. The van der Waals surface area contributed by atoms with Crippen LogP contribution in [0, 0.1) is 0 Å². The van der Waals surface area contributed by atoms with Gasteiger partial charge in [0.1, 0.15) is 11.2 Å². The Kier molecular flexibility index (Phi) is 3.70. The predicted molar refractivity (Wildman–Crippen MR) is 218 cm³/mol. The van der Waals surface area contributed by atoms with Crippen LogP contribution in [-0.4, -0.2) is 0 Å². The first-order valence-corrected chi connectivity index (χ1v) is 16.4. The molecular weight excluding hydrogens is 617 g/mol. The highest BCUT2D eigenvalue weighted by Gasteiger charge is 2.19. The molecule has 236 valence electrons. The Morgan fingerprint density at radius 3 is 1.84 bits per heavy atom. The van der Waals surface area contributed by atoms with Gasteiger partial charge in [-0.3, -0.25) is 0 Å². The molecule has 1 heteroatoms. The monoisotopic (exact) mass is 661 g/mol. The summed E-state index contributed by atoms with van der Waals surface area (Å²) in [5, 5.41) is 3.85. The quantitative estimate of drug-likeness (QED) is 0.172. The fourth-order valence-corrected chi connectivity index (χ4v) is 7.57. The molecule has 11 aromatic rings. The van der Waals surface area contributed by atoms with E-state index in [2.05, 4.69) is 12.1 Å². The zero-order valence-corrected chi connectivity index (χ0v) is 26.6. The average Bonchev–Trinajstić information content (AvgIpc) is 3.71. The van der Waals surface area contributed by atoms with Crippen LogP contribution in [-0.2, 0) is 0 Å². The van der Waals surface area contributed by atoms with Gasteiger partial charge in [0.2, 0.25) is 0 Å². The Balaban J connectivity index is 1.25. The van der Waals surface area contributed by atoms with Crippen LogP contribution >= 0.6 is 0 Å². The summed E-state index contributed by atoms with van der Waals surface area (Å²) in [6.45, 7) is 0. The first kappa shape index (κ1) is 17.3. The number of benzene rings is 10. The molecule has 11 rings (SSSR count). The molecule has 0 fully saturated rings. The zero-order valence-electron chi connectivity index (χ0n) is 41.6. The normalized spacial score (nSPS) is 16.0. The van der Waals surface area contributed by atoms with Crippen molar-refractivity contribution in [3.63, 3.8) is 0 Å². The first-order chi connectivity index (χ1) is 31.5. The average molecular weight is 662 g/mol. The van der Waals surface area contributed by atoms with Crippen molar-refractivity contribution < 1.29 is 25.0 Å². The molecule has 0 radical (unpaired) electrons. The predicted octanol–water partition coefficient (Wildman–Crippen LogP) is 14.4. The van der Waals surface area contributed by atoms with Crippen molar-refractivity contribution in [3.05, 3.63) is 182 Å². The maximum atomic E-state index is 9.43. The Morgan fingerprint density at radius 1 is 0.353 bits per heavy atom. The molecule has 0 unspecified atom stereocenters. The van der Waals surface area contributed by atoms with Gasteiger partial charge in [-0.2, -0.15) is 0 Å². The molecule has 0 aliphatic rings. The molecule has 1 heterocycles. The molecule has 0 aliphatic carbocycles. The van der Waals surface area contributed by atoms with Gasteiger partial charge >= 0.3 is 0 Å². The van der Waals surface area contributed by atoms with Gasteiger partial charge in [0.25, 0.3) is 0 Å². The van der Waals surface area contributed by atoms with E-state index in [1.54, 1.807) is 12.1 Å². The van der Waals surface area contributed by atoms with Crippen molar-refractivity contribution in [2.45, 2.75) is 0 Å². The Bertz CT molecular complexity index is 3970. The summed E-state index contributed by atoms with van der Waals surface area (Å²) in [6.07, 6.45) is 0. The number of hydrogen-bond acceptors (Lipinski definition) is 1. The lowest BCUT2D eigenvalue weighted by atomic mass is 9.84. The van der Waals surface area contributed by atoms with E-state index in [-0.39, 0.29) is 32.7 Å². The molecule has 0 N–H and O–H groups in total. The molecule has 0 atom stereocenters. The van der Waals surface area contributed by atoms with Crippen LogP contribution in [0.4, 0.5) is 0 Å². The molecule has 0 spiro atoms. The summed E-state index contributed by atoms with van der Waals surface area (Å²) in [7, 11) is 0. The van der Waals surface area contributed by atoms with Crippen LogP contribution in [0.15, 0.2) is 186 Å². The van der Waals surface area contributed by atoms with Crippen molar-refractivity contribution >= 4 is 75.8 Å².